The fourth-order valence-electron chi connectivity index (χ4n) is 1.52. The van der Waals surface area contributed by atoms with E-state index < -0.39 is 11.7 Å². The second kappa shape index (κ2) is 3.45. The zero-order valence-corrected chi connectivity index (χ0v) is 8.28. The van der Waals surface area contributed by atoms with Crippen molar-refractivity contribution in [2.24, 2.45) is 0 Å². The predicted molar refractivity (Wildman–Crippen MR) is 52.9 cm³/mol. The molecule has 0 saturated heterocycles. The molecule has 2 rings (SSSR count). The third kappa shape index (κ3) is 1.81. The van der Waals surface area contributed by atoms with Gasteiger partial charge in [-0.3, -0.25) is 0 Å². The number of alkyl halides is 4. The zero-order chi connectivity index (χ0) is 11.1. The maximum Gasteiger partial charge on any atom is 0.416 e. The average Bonchev–Trinajstić information content (AvgIpc) is 2.62. The lowest BCUT2D eigenvalue weighted by Crippen LogP contribution is -2.05. The van der Waals surface area contributed by atoms with Crippen LogP contribution in [-0.4, -0.2) is 4.98 Å². The molecule has 0 aliphatic carbocycles. The molecule has 0 aliphatic heterocycles. The highest BCUT2D eigenvalue weighted by atomic mass is 35.5. The van der Waals surface area contributed by atoms with Gasteiger partial charge < -0.3 is 4.98 Å². The minimum atomic E-state index is -4.33. The van der Waals surface area contributed by atoms with Gasteiger partial charge in [0.2, 0.25) is 0 Å². The molecule has 0 unspecified atom stereocenters. The summed E-state index contributed by atoms with van der Waals surface area (Å²) in [5.74, 6) is 0.0677. The summed E-state index contributed by atoms with van der Waals surface area (Å²) in [6.45, 7) is 0. The van der Waals surface area contributed by atoms with Crippen LogP contribution in [0.15, 0.2) is 24.4 Å². The van der Waals surface area contributed by atoms with Gasteiger partial charge in [-0.1, -0.05) is 0 Å². The summed E-state index contributed by atoms with van der Waals surface area (Å²) >= 11 is 5.60. The number of nitrogens with one attached hydrogen (secondary N) is 1. The maximum atomic E-state index is 12.5. The quantitative estimate of drug-likeness (QED) is 0.719. The van der Waals surface area contributed by atoms with Crippen molar-refractivity contribution in [3.63, 3.8) is 0 Å². The number of hydrogen-bond donors (Lipinski definition) is 1. The number of aromatic amines is 1. The fraction of sp³-hybridized carbons (Fsp3) is 0.200. The Morgan fingerprint density at radius 1 is 1.27 bits per heavy atom. The third-order valence-corrected chi connectivity index (χ3v) is 2.51. The Morgan fingerprint density at radius 2 is 2.00 bits per heavy atom. The highest BCUT2D eigenvalue weighted by molar-refractivity contribution is 6.18. The van der Waals surface area contributed by atoms with E-state index in [4.69, 9.17) is 11.6 Å². The molecule has 0 amide bonds. The van der Waals surface area contributed by atoms with Crippen molar-refractivity contribution in [1.29, 1.82) is 0 Å². The maximum absolute atomic E-state index is 12.5. The molecule has 1 heterocycles. The summed E-state index contributed by atoms with van der Waals surface area (Å²) in [6, 6.07) is 3.89. The van der Waals surface area contributed by atoms with Gasteiger partial charge in [-0.05, 0) is 23.8 Å². The topological polar surface area (TPSA) is 15.8 Å². The van der Waals surface area contributed by atoms with Crippen LogP contribution in [-0.2, 0) is 12.1 Å². The summed E-state index contributed by atoms with van der Waals surface area (Å²) in [6.07, 6.45) is -2.74. The molecule has 0 bridgehead atoms. The summed E-state index contributed by atoms with van der Waals surface area (Å²) in [5, 5.41) is 0.734. The first-order chi connectivity index (χ1) is 7.02. The lowest BCUT2D eigenvalue weighted by Gasteiger charge is -2.08. The zero-order valence-electron chi connectivity index (χ0n) is 7.53. The highest BCUT2D eigenvalue weighted by Gasteiger charge is 2.31. The van der Waals surface area contributed by atoms with E-state index in [9.17, 15) is 13.2 Å². The minimum Gasteiger partial charge on any atom is -0.361 e. The Labute approximate surface area is 88.9 Å². The Kier molecular flexibility index (Phi) is 2.38. The number of H-pyrrole nitrogens is 1. The molecule has 15 heavy (non-hydrogen) atoms. The van der Waals surface area contributed by atoms with Crippen molar-refractivity contribution in [3.05, 3.63) is 35.5 Å². The van der Waals surface area contributed by atoms with E-state index in [1.807, 2.05) is 0 Å². The van der Waals surface area contributed by atoms with Crippen LogP contribution < -0.4 is 0 Å². The van der Waals surface area contributed by atoms with Crippen LogP contribution in [0.5, 0.6) is 0 Å². The van der Waals surface area contributed by atoms with Gasteiger partial charge >= 0.3 is 6.18 Å². The Balaban J connectivity index is 2.69. The van der Waals surface area contributed by atoms with Gasteiger partial charge in [0.1, 0.15) is 0 Å². The average molecular weight is 234 g/mol. The van der Waals surface area contributed by atoms with Crippen LogP contribution >= 0.6 is 11.6 Å². The largest absolute Gasteiger partial charge is 0.416 e. The summed E-state index contributed by atoms with van der Waals surface area (Å²) in [4.78, 5) is 2.75. The van der Waals surface area contributed by atoms with E-state index in [0.29, 0.717) is 11.1 Å². The Morgan fingerprint density at radius 3 is 2.60 bits per heavy atom. The van der Waals surface area contributed by atoms with Crippen LogP contribution in [0.4, 0.5) is 13.2 Å². The van der Waals surface area contributed by atoms with Gasteiger partial charge in [0.15, 0.2) is 0 Å². The van der Waals surface area contributed by atoms with Crippen molar-refractivity contribution >= 4 is 22.5 Å². The number of hydrogen-bond acceptors (Lipinski definition) is 0. The molecule has 1 nitrogen and oxygen atoms in total. The molecule has 1 aromatic carbocycles. The van der Waals surface area contributed by atoms with Crippen LogP contribution in [0, 0.1) is 0 Å². The van der Waals surface area contributed by atoms with Crippen molar-refractivity contribution in [2.75, 3.05) is 0 Å². The van der Waals surface area contributed by atoms with Crippen LogP contribution in [0.1, 0.15) is 11.1 Å². The molecular formula is C10H7ClF3N. The Bertz CT molecular complexity index is 487. The van der Waals surface area contributed by atoms with Crippen LogP contribution in [0.25, 0.3) is 10.9 Å². The van der Waals surface area contributed by atoms with Crippen molar-refractivity contribution in [1.82, 2.24) is 4.98 Å². The lowest BCUT2D eigenvalue weighted by molar-refractivity contribution is -0.137. The van der Waals surface area contributed by atoms with Gasteiger partial charge in [0, 0.05) is 23.0 Å². The first-order valence-corrected chi connectivity index (χ1v) is 4.79. The lowest BCUT2D eigenvalue weighted by atomic mass is 10.1. The molecule has 0 spiro atoms. The van der Waals surface area contributed by atoms with Gasteiger partial charge in [0.05, 0.1) is 5.56 Å². The van der Waals surface area contributed by atoms with E-state index >= 15 is 0 Å². The van der Waals surface area contributed by atoms with E-state index in [1.165, 1.54) is 0 Å². The Hall–Kier alpha value is -1.16. The van der Waals surface area contributed by atoms with Gasteiger partial charge in [-0.2, -0.15) is 13.2 Å². The van der Waals surface area contributed by atoms with E-state index in [1.54, 1.807) is 12.3 Å². The molecular weight excluding hydrogens is 227 g/mol. The molecule has 5 heteroatoms. The normalized spacial score (nSPS) is 12.3. The van der Waals surface area contributed by atoms with Gasteiger partial charge in [-0.25, -0.2) is 0 Å². The number of fused-ring (bicyclic) bond motifs is 1. The minimum absolute atomic E-state index is 0.0677. The molecule has 2 aromatic rings. The smallest absolute Gasteiger partial charge is 0.361 e. The second-order valence-electron chi connectivity index (χ2n) is 3.21. The van der Waals surface area contributed by atoms with Crippen molar-refractivity contribution < 1.29 is 13.2 Å². The third-order valence-electron chi connectivity index (χ3n) is 2.23. The summed E-state index contributed by atoms with van der Waals surface area (Å²) in [7, 11) is 0. The van der Waals surface area contributed by atoms with Crippen LogP contribution in [0.3, 0.4) is 0 Å². The van der Waals surface area contributed by atoms with Crippen molar-refractivity contribution in [2.45, 2.75) is 12.1 Å². The van der Waals surface area contributed by atoms with Gasteiger partial charge in [-0.15, -0.1) is 11.6 Å². The van der Waals surface area contributed by atoms with Crippen molar-refractivity contribution in [3.8, 4) is 0 Å². The number of halogens is 4. The van der Waals surface area contributed by atoms with E-state index in [-0.39, 0.29) is 5.88 Å². The first-order valence-electron chi connectivity index (χ1n) is 4.25. The number of benzene rings is 1. The first kappa shape index (κ1) is 10.4. The summed E-state index contributed by atoms with van der Waals surface area (Å²) in [5.41, 5.74) is 0.274. The molecule has 80 valence electrons. The predicted octanol–water partition coefficient (Wildman–Crippen LogP) is 3.93. The van der Waals surface area contributed by atoms with E-state index in [0.717, 1.165) is 17.5 Å². The SMILES string of the molecule is FC(F)(F)c1cc(CCl)c2cc[nH]c2c1. The van der Waals surface area contributed by atoms with Gasteiger partial charge in [0.25, 0.3) is 0 Å². The monoisotopic (exact) mass is 233 g/mol. The molecule has 0 radical (unpaired) electrons. The highest BCUT2D eigenvalue weighted by Crippen LogP contribution is 2.33. The summed E-state index contributed by atoms with van der Waals surface area (Å²) < 4.78 is 37.4. The number of aromatic nitrogens is 1. The van der Waals surface area contributed by atoms with E-state index in [2.05, 4.69) is 4.98 Å². The molecule has 0 saturated carbocycles. The number of rotatable bonds is 1. The van der Waals surface area contributed by atoms with Crippen LogP contribution in [0.2, 0.25) is 0 Å². The molecule has 0 aliphatic rings. The molecule has 1 aromatic heterocycles. The molecule has 0 fully saturated rings. The molecule has 0 atom stereocenters. The molecule has 1 N–H and O–H groups in total. The fourth-order valence-corrected chi connectivity index (χ4v) is 1.74. The standard InChI is InChI=1S/C10H7ClF3N/c11-5-6-3-7(10(12,13)14)4-9-8(6)1-2-15-9/h1-4,15H,5H2. The second-order valence-corrected chi connectivity index (χ2v) is 3.47.